The molecule has 0 aromatic carbocycles. The Bertz CT molecular complexity index is 370. The molecule has 0 atom stereocenters. The lowest BCUT2D eigenvalue weighted by Crippen LogP contribution is -2.43. The number of nitrogens with two attached hydrogens (primary N) is 1. The van der Waals surface area contributed by atoms with Gasteiger partial charge in [0.2, 0.25) is 0 Å². The first kappa shape index (κ1) is 15.6. The fourth-order valence-corrected chi connectivity index (χ4v) is 3.96. The molecule has 0 radical (unpaired) electrons. The summed E-state index contributed by atoms with van der Waals surface area (Å²) in [6, 6.07) is 0. The summed E-state index contributed by atoms with van der Waals surface area (Å²) < 4.78 is 23.0. The van der Waals surface area contributed by atoms with Gasteiger partial charge in [-0.15, -0.1) is 0 Å². The Morgan fingerprint density at radius 3 is 2.33 bits per heavy atom. The minimum Gasteiger partial charge on any atom is -0.325 e. The van der Waals surface area contributed by atoms with Crippen LogP contribution in [0.4, 0.5) is 0 Å². The van der Waals surface area contributed by atoms with Crippen molar-refractivity contribution in [2.75, 3.05) is 11.5 Å². The lowest BCUT2D eigenvalue weighted by Gasteiger charge is -2.32. The third kappa shape index (κ3) is 5.48. The fourth-order valence-electron chi connectivity index (χ4n) is 2.60. The van der Waals surface area contributed by atoms with E-state index < -0.39 is 9.84 Å². The average molecular weight is 275 g/mol. The summed E-state index contributed by atoms with van der Waals surface area (Å²) in [4.78, 5) is 11.8. The van der Waals surface area contributed by atoms with Gasteiger partial charge in [0.1, 0.15) is 5.78 Å². The van der Waals surface area contributed by atoms with E-state index in [1.54, 1.807) is 0 Å². The minimum atomic E-state index is -3.05. The SMILES string of the molecule is CCCS(=O)(=O)CCC(=O)CC1(N)CCCCC1. The maximum Gasteiger partial charge on any atom is 0.150 e. The third-order valence-corrected chi connectivity index (χ3v) is 5.46. The molecular formula is C13H25NO3S. The quantitative estimate of drug-likeness (QED) is 0.769. The number of carbonyl (C=O) groups is 1. The monoisotopic (exact) mass is 275 g/mol. The molecule has 2 N–H and O–H groups in total. The van der Waals surface area contributed by atoms with Crippen molar-refractivity contribution in [1.82, 2.24) is 0 Å². The van der Waals surface area contributed by atoms with Gasteiger partial charge in [0, 0.05) is 24.1 Å². The van der Waals surface area contributed by atoms with Gasteiger partial charge in [0.05, 0.1) is 5.75 Å². The van der Waals surface area contributed by atoms with Crippen LogP contribution < -0.4 is 5.73 Å². The third-order valence-electron chi connectivity index (χ3n) is 3.61. The van der Waals surface area contributed by atoms with E-state index in [9.17, 15) is 13.2 Å². The lowest BCUT2D eigenvalue weighted by molar-refractivity contribution is -0.120. The highest BCUT2D eigenvalue weighted by molar-refractivity contribution is 7.91. The van der Waals surface area contributed by atoms with Crippen molar-refractivity contribution in [2.45, 2.75) is 63.8 Å². The van der Waals surface area contributed by atoms with Crippen molar-refractivity contribution in [2.24, 2.45) is 5.73 Å². The van der Waals surface area contributed by atoms with Crippen LogP contribution in [0, 0.1) is 0 Å². The van der Waals surface area contributed by atoms with Gasteiger partial charge in [0.25, 0.3) is 0 Å². The summed E-state index contributed by atoms with van der Waals surface area (Å²) in [6.45, 7) is 1.83. The van der Waals surface area contributed by atoms with Crippen LogP contribution in [0.5, 0.6) is 0 Å². The average Bonchev–Trinajstić information content (AvgIpc) is 2.27. The van der Waals surface area contributed by atoms with Gasteiger partial charge in [-0.25, -0.2) is 8.42 Å². The molecule has 1 rings (SSSR count). The molecule has 0 heterocycles. The first-order valence-electron chi connectivity index (χ1n) is 6.88. The molecule has 1 aliphatic rings. The molecule has 1 aliphatic carbocycles. The van der Waals surface area contributed by atoms with Gasteiger partial charge in [-0.05, 0) is 19.3 Å². The normalized spacial score (nSPS) is 19.7. The highest BCUT2D eigenvalue weighted by Gasteiger charge is 2.30. The molecule has 0 amide bonds. The highest BCUT2D eigenvalue weighted by Crippen LogP contribution is 2.29. The summed E-state index contributed by atoms with van der Waals surface area (Å²) in [5, 5.41) is 0. The summed E-state index contributed by atoms with van der Waals surface area (Å²) >= 11 is 0. The Hall–Kier alpha value is -0.420. The predicted molar refractivity (Wildman–Crippen MR) is 73.2 cm³/mol. The molecule has 1 saturated carbocycles. The molecule has 0 aliphatic heterocycles. The van der Waals surface area contributed by atoms with E-state index in [-0.39, 0.29) is 29.2 Å². The van der Waals surface area contributed by atoms with Crippen LogP contribution in [-0.2, 0) is 14.6 Å². The Labute approximate surface area is 110 Å². The second-order valence-electron chi connectivity index (χ2n) is 5.54. The lowest BCUT2D eigenvalue weighted by atomic mass is 9.79. The number of hydrogen-bond donors (Lipinski definition) is 1. The molecular weight excluding hydrogens is 250 g/mol. The van der Waals surface area contributed by atoms with E-state index in [2.05, 4.69) is 0 Å². The Balaban J connectivity index is 2.37. The summed E-state index contributed by atoms with van der Waals surface area (Å²) in [5.74, 6) is 0.156. The minimum absolute atomic E-state index is 0.000854. The Morgan fingerprint density at radius 2 is 1.78 bits per heavy atom. The number of hydrogen-bond acceptors (Lipinski definition) is 4. The molecule has 0 bridgehead atoms. The van der Waals surface area contributed by atoms with Gasteiger partial charge in [-0.2, -0.15) is 0 Å². The molecule has 4 nitrogen and oxygen atoms in total. The second-order valence-corrected chi connectivity index (χ2v) is 7.84. The van der Waals surface area contributed by atoms with Crippen molar-refractivity contribution in [3.63, 3.8) is 0 Å². The van der Waals surface area contributed by atoms with Crippen molar-refractivity contribution < 1.29 is 13.2 Å². The maximum atomic E-state index is 11.8. The van der Waals surface area contributed by atoms with E-state index in [0.29, 0.717) is 12.8 Å². The van der Waals surface area contributed by atoms with E-state index in [0.717, 1.165) is 25.7 Å². The zero-order valence-electron chi connectivity index (χ0n) is 11.3. The van der Waals surface area contributed by atoms with Crippen LogP contribution in [0.3, 0.4) is 0 Å². The number of Topliss-reactive ketones (excluding diaryl/α,β-unsaturated/α-hetero) is 1. The van der Waals surface area contributed by atoms with Crippen molar-refractivity contribution in [3.8, 4) is 0 Å². The Morgan fingerprint density at radius 1 is 1.17 bits per heavy atom. The second kappa shape index (κ2) is 6.66. The van der Waals surface area contributed by atoms with Gasteiger partial charge >= 0.3 is 0 Å². The van der Waals surface area contributed by atoms with Crippen LogP contribution in [0.15, 0.2) is 0 Å². The van der Waals surface area contributed by atoms with E-state index in [1.165, 1.54) is 6.42 Å². The van der Waals surface area contributed by atoms with Crippen LogP contribution >= 0.6 is 0 Å². The topological polar surface area (TPSA) is 77.2 Å². The van der Waals surface area contributed by atoms with Gasteiger partial charge in [-0.1, -0.05) is 26.2 Å². The van der Waals surface area contributed by atoms with Gasteiger partial charge in [0.15, 0.2) is 9.84 Å². The van der Waals surface area contributed by atoms with Crippen LogP contribution in [0.25, 0.3) is 0 Å². The van der Waals surface area contributed by atoms with Gasteiger partial charge < -0.3 is 5.73 Å². The van der Waals surface area contributed by atoms with Crippen molar-refractivity contribution in [1.29, 1.82) is 0 Å². The number of rotatable bonds is 7. The van der Waals surface area contributed by atoms with Crippen molar-refractivity contribution >= 4 is 15.6 Å². The van der Waals surface area contributed by atoms with Crippen molar-refractivity contribution in [3.05, 3.63) is 0 Å². The molecule has 0 aromatic rings. The fraction of sp³-hybridized carbons (Fsp3) is 0.923. The summed E-state index contributed by atoms with van der Waals surface area (Å²) in [6.07, 6.45) is 6.21. The number of carbonyl (C=O) groups excluding carboxylic acids is 1. The van der Waals surface area contributed by atoms with E-state index in [4.69, 9.17) is 5.73 Å². The van der Waals surface area contributed by atoms with E-state index in [1.807, 2.05) is 6.92 Å². The maximum absolute atomic E-state index is 11.8. The molecule has 1 fully saturated rings. The smallest absolute Gasteiger partial charge is 0.150 e. The van der Waals surface area contributed by atoms with Crippen LogP contribution in [0.1, 0.15) is 58.3 Å². The standard InChI is InChI=1S/C13H25NO3S/c1-2-9-18(16,17)10-6-12(15)11-13(14)7-4-3-5-8-13/h2-11,14H2,1H3. The van der Waals surface area contributed by atoms with Gasteiger partial charge in [-0.3, -0.25) is 4.79 Å². The molecule has 0 saturated heterocycles. The predicted octanol–water partition coefficient (Wildman–Crippen LogP) is 1.82. The number of ketones is 1. The highest BCUT2D eigenvalue weighted by atomic mass is 32.2. The molecule has 0 unspecified atom stereocenters. The molecule has 18 heavy (non-hydrogen) atoms. The zero-order chi connectivity index (χ0) is 13.6. The first-order chi connectivity index (χ1) is 8.37. The molecule has 106 valence electrons. The largest absolute Gasteiger partial charge is 0.325 e. The summed E-state index contributed by atoms with van der Waals surface area (Å²) in [7, 11) is -3.05. The Kier molecular flexibility index (Phi) is 5.79. The zero-order valence-corrected chi connectivity index (χ0v) is 12.1. The van der Waals surface area contributed by atoms with E-state index >= 15 is 0 Å². The summed E-state index contributed by atoms with van der Waals surface area (Å²) in [5.41, 5.74) is 5.82. The molecule has 0 aromatic heterocycles. The first-order valence-corrected chi connectivity index (χ1v) is 8.70. The molecule has 5 heteroatoms. The van der Waals surface area contributed by atoms with Crippen LogP contribution in [0.2, 0.25) is 0 Å². The molecule has 0 spiro atoms. The van der Waals surface area contributed by atoms with Crippen LogP contribution in [-0.4, -0.2) is 31.2 Å². The number of sulfone groups is 1.